The predicted octanol–water partition coefficient (Wildman–Crippen LogP) is 4.94. The summed E-state index contributed by atoms with van der Waals surface area (Å²) in [6.07, 6.45) is -1.55. The number of hydrogen-bond donors (Lipinski definition) is 3. The minimum Gasteiger partial charge on any atom is -0.369 e. The Morgan fingerprint density at radius 2 is 1.75 bits per heavy atom. The molecule has 1 aliphatic carbocycles. The number of amides is 2. The van der Waals surface area contributed by atoms with Gasteiger partial charge < -0.3 is 21.3 Å². The third kappa shape index (κ3) is 8.08. The molecule has 0 bridgehead atoms. The second kappa shape index (κ2) is 13.2. The summed E-state index contributed by atoms with van der Waals surface area (Å²) in [5.41, 5.74) is 7.09. The molecule has 4 rings (SSSR count). The van der Waals surface area contributed by atoms with Gasteiger partial charge in [-0.15, -0.1) is 0 Å². The van der Waals surface area contributed by atoms with E-state index in [-0.39, 0.29) is 30.0 Å². The lowest BCUT2D eigenvalue weighted by molar-refractivity contribution is -0.138. The molecule has 1 heterocycles. The van der Waals surface area contributed by atoms with Crippen LogP contribution in [0.1, 0.15) is 48.0 Å². The Morgan fingerprint density at radius 1 is 1.02 bits per heavy atom. The van der Waals surface area contributed by atoms with Crippen molar-refractivity contribution in [1.29, 1.82) is 0 Å². The van der Waals surface area contributed by atoms with Crippen LogP contribution in [-0.4, -0.2) is 61.7 Å². The van der Waals surface area contributed by atoms with Gasteiger partial charge in [-0.2, -0.15) is 13.2 Å². The van der Waals surface area contributed by atoms with Crippen molar-refractivity contribution in [1.82, 2.24) is 10.2 Å². The molecule has 1 saturated heterocycles. The van der Waals surface area contributed by atoms with Crippen molar-refractivity contribution in [2.45, 2.75) is 50.9 Å². The fourth-order valence-corrected chi connectivity index (χ4v) is 5.54. The first-order valence-electron chi connectivity index (χ1n) is 13.5. The molecule has 1 aliphatic heterocycles. The van der Waals surface area contributed by atoms with Gasteiger partial charge >= 0.3 is 6.18 Å². The van der Waals surface area contributed by atoms with Gasteiger partial charge in [0.15, 0.2) is 0 Å². The zero-order chi connectivity index (χ0) is 28.9. The Labute approximate surface area is 236 Å². The van der Waals surface area contributed by atoms with E-state index in [1.807, 2.05) is 4.90 Å². The van der Waals surface area contributed by atoms with Crippen LogP contribution in [0.2, 0.25) is 5.02 Å². The molecule has 2 aromatic carbocycles. The van der Waals surface area contributed by atoms with Crippen LogP contribution in [-0.2, 0) is 11.3 Å². The molecule has 2 amide bonds. The van der Waals surface area contributed by atoms with Gasteiger partial charge in [0, 0.05) is 50.3 Å². The summed E-state index contributed by atoms with van der Waals surface area (Å²) < 4.78 is 52.8. The largest absolute Gasteiger partial charge is 0.390 e. The molecule has 40 heavy (non-hydrogen) atoms. The zero-order valence-corrected chi connectivity index (χ0v) is 22.8. The monoisotopic (exact) mass is 583 g/mol. The molecule has 218 valence electrons. The minimum absolute atomic E-state index is 0.0619. The van der Waals surface area contributed by atoms with Crippen molar-refractivity contribution in [2.24, 2.45) is 11.7 Å². The molecule has 2 atom stereocenters. The lowest BCUT2D eigenvalue weighted by Gasteiger charge is -2.37. The fraction of sp³-hybridized carbons (Fsp3) is 0.500. The molecule has 7 nitrogen and oxygen atoms in total. The highest BCUT2D eigenvalue weighted by atomic mass is 35.5. The summed E-state index contributed by atoms with van der Waals surface area (Å²) in [4.78, 5) is 28.5. The maximum atomic E-state index is 15.0. The van der Waals surface area contributed by atoms with Crippen molar-refractivity contribution in [3.63, 3.8) is 0 Å². The quantitative estimate of drug-likeness (QED) is 0.364. The highest BCUT2D eigenvalue weighted by Gasteiger charge is 2.30. The second-order valence-corrected chi connectivity index (χ2v) is 10.8. The second-order valence-electron chi connectivity index (χ2n) is 10.4. The van der Waals surface area contributed by atoms with E-state index in [4.69, 9.17) is 17.3 Å². The van der Waals surface area contributed by atoms with Gasteiger partial charge in [0.05, 0.1) is 29.3 Å². The summed E-state index contributed by atoms with van der Waals surface area (Å²) in [5.74, 6) is -1.90. The predicted molar refractivity (Wildman–Crippen MR) is 147 cm³/mol. The van der Waals surface area contributed by atoms with Crippen LogP contribution >= 0.6 is 11.6 Å². The minimum atomic E-state index is -4.20. The molecular formula is C28H34ClF4N5O2. The Hall–Kier alpha value is -2.89. The number of alkyl halides is 3. The first kappa shape index (κ1) is 30.1. The Bertz CT molecular complexity index is 1200. The van der Waals surface area contributed by atoms with Gasteiger partial charge in [0.25, 0.3) is 5.91 Å². The molecular weight excluding hydrogens is 550 g/mol. The number of carbonyl (C=O) groups excluding carboxylic acids is 2. The number of nitrogens with two attached hydrogens (primary N) is 1. The molecule has 2 aliphatic rings. The van der Waals surface area contributed by atoms with Gasteiger partial charge in [-0.25, -0.2) is 4.39 Å². The molecule has 2 fully saturated rings. The molecule has 0 aromatic heterocycles. The van der Waals surface area contributed by atoms with Crippen LogP contribution < -0.4 is 21.3 Å². The number of benzene rings is 2. The number of nitrogens with one attached hydrogen (secondary N) is 2. The zero-order valence-electron chi connectivity index (χ0n) is 22.1. The molecule has 0 unspecified atom stereocenters. The number of carbonyl (C=O) groups is 2. The summed E-state index contributed by atoms with van der Waals surface area (Å²) in [7, 11) is 0. The smallest absolute Gasteiger partial charge is 0.369 e. The number of hydrogen-bond acceptors (Lipinski definition) is 5. The van der Waals surface area contributed by atoms with Gasteiger partial charge in [-0.3, -0.25) is 14.5 Å². The third-order valence-corrected chi connectivity index (χ3v) is 7.85. The molecule has 12 heteroatoms. The van der Waals surface area contributed by atoms with Gasteiger partial charge in [0.2, 0.25) is 5.91 Å². The van der Waals surface area contributed by atoms with E-state index >= 15 is 4.39 Å². The number of anilines is 2. The van der Waals surface area contributed by atoms with Crippen LogP contribution in [0.25, 0.3) is 0 Å². The van der Waals surface area contributed by atoms with Crippen molar-refractivity contribution in [2.75, 3.05) is 42.9 Å². The maximum Gasteiger partial charge on any atom is 0.390 e. The topological polar surface area (TPSA) is 90.7 Å². The van der Waals surface area contributed by atoms with E-state index in [9.17, 15) is 22.8 Å². The number of piperazine rings is 1. The van der Waals surface area contributed by atoms with Gasteiger partial charge in [-0.05, 0) is 48.7 Å². The standard InChI is InChI=1S/C28H34ClF4N5O2/c29-19-6-8-24(25(16-19)38-13-11-37(12-14-38)10-9-28(31,32)33)36-27(40)20-7-5-18(15-22(20)30)17-35-23-4-2-1-3-21(23)26(34)39/h5-8,15-16,21,23,35H,1-4,9-14,17H2,(H2,34,39)(H,36,40)/t21-,23-/m1/s1. The number of halogens is 5. The first-order chi connectivity index (χ1) is 19.0. The summed E-state index contributed by atoms with van der Waals surface area (Å²) >= 11 is 6.21. The van der Waals surface area contributed by atoms with Crippen LogP contribution in [0.5, 0.6) is 0 Å². The molecule has 4 N–H and O–H groups in total. The Kier molecular flexibility index (Phi) is 9.91. The fourth-order valence-electron chi connectivity index (χ4n) is 5.38. The lowest BCUT2D eigenvalue weighted by atomic mass is 9.84. The van der Waals surface area contributed by atoms with Crippen LogP contribution in [0.15, 0.2) is 36.4 Å². The molecule has 0 spiro atoms. The summed E-state index contributed by atoms with van der Waals surface area (Å²) in [6, 6.07) is 9.23. The summed E-state index contributed by atoms with van der Waals surface area (Å²) in [5, 5.41) is 6.51. The normalized spacial score (nSPS) is 20.4. The summed E-state index contributed by atoms with van der Waals surface area (Å²) in [6.45, 7) is 2.04. The van der Waals surface area contributed by atoms with Crippen LogP contribution in [0.4, 0.5) is 28.9 Å². The third-order valence-electron chi connectivity index (χ3n) is 7.61. The van der Waals surface area contributed by atoms with Gasteiger partial charge in [-0.1, -0.05) is 30.5 Å². The van der Waals surface area contributed by atoms with E-state index in [0.29, 0.717) is 54.7 Å². The maximum absolute atomic E-state index is 15.0. The van der Waals surface area contributed by atoms with E-state index in [1.54, 1.807) is 29.2 Å². The van der Waals surface area contributed by atoms with Crippen molar-refractivity contribution < 1.29 is 27.2 Å². The SMILES string of the molecule is NC(=O)[C@@H]1CCCC[C@H]1NCc1ccc(C(=O)Nc2ccc(Cl)cc2N2CCN(CCC(F)(F)F)CC2)c(F)c1. The van der Waals surface area contributed by atoms with E-state index in [1.165, 1.54) is 12.1 Å². The average Bonchev–Trinajstić information content (AvgIpc) is 2.91. The van der Waals surface area contributed by atoms with Crippen molar-refractivity contribution in [3.05, 3.63) is 58.4 Å². The van der Waals surface area contributed by atoms with E-state index in [0.717, 1.165) is 25.7 Å². The van der Waals surface area contributed by atoms with Crippen LogP contribution in [0.3, 0.4) is 0 Å². The van der Waals surface area contributed by atoms with Crippen molar-refractivity contribution >= 4 is 34.8 Å². The van der Waals surface area contributed by atoms with Gasteiger partial charge in [0.1, 0.15) is 5.82 Å². The van der Waals surface area contributed by atoms with E-state index in [2.05, 4.69) is 10.6 Å². The Morgan fingerprint density at radius 3 is 2.42 bits per heavy atom. The first-order valence-corrected chi connectivity index (χ1v) is 13.8. The number of primary amides is 1. The number of rotatable bonds is 9. The van der Waals surface area contributed by atoms with Crippen LogP contribution in [0, 0.1) is 11.7 Å². The molecule has 0 radical (unpaired) electrons. The number of nitrogens with zero attached hydrogens (tertiary/aromatic N) is 2. The highest BCUT2D eigenvalue weighted by Crippen LogP contribution is 2.31. The highest BCUT2D eigenvalue weighted by molar-refractivity contribution is 6.31. The average molecular weight is 584 g/mol. The van der Waals surface area contributed by atoms with E-state index < -0.39 is 24.3 Å². The Balaban J connectivity index is 1.38. The molecule has 1 saturated carbocycles. The lowest BCUT2D eigenvalue weighted by Crippen LogP contribution is -2.47. The molecule has 2 aromatic rings. The van der Waals surface area contributed by atoms with Crippen molar-refractivity contribution in [3.8, 4) is 0 Å².